The molecule has 1 aliphatic heterocycles. The van der Waals surface area contributed by atoms with Crippen LogP contribution in [0.5, 0.6) is 5.75 Å². The van der Waals surface area contributed by atoms with Gasteiger partial charge in [0.15, 0.2) is 0 Å². The predicted octanol–water partition coefficient (Wildman–Crippen LogP) is 5.34. The zero-order chi connectivity index (χ0) is 21.6. The van der Waals surface area contributed by atoms with Crippen molar-refractivity contribution in [2.75, 3.05) is 24.7 Å². The second kappa shape index (κ2) is 11.4. The van der Waals surface area contributed by atoms with Crippen molar-refractivity contribution in [1.82, 2.24) is 4.90 Å². The summed E-state index contributed by atoms with van der Waals surface area (Å²) in [5.74, 6) is 0.981. The van der Waals surface area contributed by atoms with Crippen LogP contribution in [0.4, 0.5) is 5.00 Å². The molecule has 0 atom stereocenters. The lowest BCUT2D eigenvalue weighted by Gasteiger charge is -2.26. The second-order valence-electron chi connectivity index (χ2n) is 7.28. The molecule has 8 heteroatoms. The normalized spacial score (nSPS) is 12.9. The SMILES string of the molecule is COc1ccc(SCC(=O)Nc2sc3c(c2C#N)CCN(Cc2ccccc2)C3)cc1.Cl. The van der Waals surface area contributed by atoms with Crippen molar-refractivity contribution in [3.05, 3.63) is 76.2 Å². The zero-order valence-electron chi connectivity index (χ0n) is 17.7. The van der Waals surface area contributed by atoms with Gasteiger partial charge in [-0.1, -0.05) is 30.3 Å². The third-order valence-electron chi connectivity index (χ3n) is 5.18. The van der Waals surface area contributed by atoms with E-state index in [4.69, 9.17) is 4.74 Å². The molecule has 5 nitrogen and oxygen atoms in total. The number of nitrogens with one attached hydrogen (secondary N) is 1. The van der Waals surface area contributed by atoms with Gasteiger partial charge in [0.1, 0.15) is 16.8 Å². The van der Waals surface area contributed by atoms with E-state index in [1.165, 1.54) is 33.5 Å². The van der Waals surface area contributed by atoms with E-state index in [2.05, 4.69) is 40.6 Å². The number of carbonyl (C=O) groups excluding carboxylic acids is 1. The van der Waals surface area contributed by atoms with Gasteiger partial charge in [-0.3, -0.25) is 9.69 Å². The Kier molecular flexibility index (Phi) is 8.60. The molecular formula is C24H24ClN3O2S2. The number of thioether (sulfide) groups is 1. The van der Waals surface area contributed by atoms with E-state index in [-0.39, 0.29) is 18.3 Å². The van der Waals surface area contributed by atoms with Crippen LogP contribution in [0.15, 0.2) is 59.5 Å². The number of rotatable bonds is 7. The maximum atomic E-state index is 12.5. The van der Waals surface area contributed by atoms with E-state index in [9.17, 15) is 10.1 Å². The lowest BCUT2D eigenvalue weighted by atomic mass is 10.0. The molecule has 2 aromatic carbocycles. The number of halogens is 1. The number of nitrogens with zero attached hydrogens (tertiary/aromatic N) is 2. The van der Waals surface area contributed by atoms with Gasteiger partial charge in [-0.05, 0) is 41.8 Å². The van der Waals surface area contributed by atoms with Crippen LogP contribution in [0.2, 0.25) is 0 Å². The lowest BCUT2D eigenvalue weighted by molar-refractivity contribution is -0.113. The molecule has 32 heavy (non-hydrogen) atoms. The number of amides is 1. The highest BCUT2D eigenvalue weighted by molar-refractivity contribution is 8.00. The van der Waals surface area contributed by atoms with Gasteiger partial charge in [-0.25, -0.2) is 0 Å². The largest absolute Gasteiger partial charge is 0.497 e. The number of thiophene rings is 1. The predicted molar refractivity (Wildman–Crippen MR) is 133 cm³/mol. The average Bonchev–Trinajstić information content (AvgIpc) is 3.14. The number of hydrogen-bond donors (Lipinski definition) is 1. The third-order valence-corrected chi connectivity index (χ3v) is 7.32. The number of methoxy groups -OCH3 is 1. The number of anilines is 1. The van der Waals surface area contributed by atoms with Crippen LogP contribution in [-0.4, -0.2) is 30.2 Å². The van der Waals surface area contributed by atoms with Crippen molar-refractivity contribution in [1.29, 1.82) is 5.26 Å². The van der Waals surface area contributed by atoms with Crippen molar-refractivity contribution in [3.8, 4) is 11.8 Å². The quantitative estimate of drug-likeness (QED) is 0.457. The smallest absolute Gasteiger partial charge is 0.235 e. The summed E-state index contributed by atoms with van der Waals surface area (Å²) in [7, 11) is 1.63. The zero-order valence-corrected chi connectivity index (χ0v) is 20.1. The van der Waals surface area contributed by atoms with Gasteiger partial charge < -0.3 is 10.1 Å². The van der Waals surface area contributed by atoms with Gasteiger partial charge in [0.25, 0.3) is 0 Å². The molecule has 0 radical (unpaired) electrons. The van der Waals surface area contributed by atoms with Crippen LogP contribution in [0.25, 0.3) is 0 Å². The number of fused-ring (bicyclic) bond motifs is 1. The molecule has 1 aromatic heterocycles. The Hall–Kier alpha value is -2.50. The van der Waals surface area contributed by atoms with Gasteiger partial charge in [0, 0.05) is 29.4 Å². The van der Waals surface area contributed by atoms with Crippen molar-refractivity contribution in [2.45, 2.75) is 24.4 Å². The Morgan fingerprint density at radius 2 is 1.97 bits per heavy atom. The highest BCUT2D eigenvalue weighted by Crippen LogP contribution is 2.37. The first-order valence-electron chi connectivity index (χ1n) is 10.0. The van der Waals surface area contributed by atoms with Crippen LogP contribution in [-0.2, 0) is 24.3 Å². The first-order chi connectivity index (χ1) is 15.2. The number of ether oxygens (including phenoxy) is 1. The van der Waals surface area contributed by atoms with E-state index in [1.54, 1.807) is 7.11 Å². The summed E-state index contributed by atoms with van der Waals surface area (Å²) in [4.78, 5) is 17.1. The monoisotopic (exact) mass is 485 g/mol. The molecule has 0 saturated carbocycles. The van der Waals surface area contributed by atoms with Crippen LogP contribution in [0.3, 0.4) is 0 Å². The van der Waals surface area contributed by atoms with Crippen LogP contribution < -0.4 is 10.1 Å². The van der Waals surface area contributed by atoms with Crippen molar-refractivity contribution in [2.24, 2.45) is 0 Å². The maximum absolute atomic E-state index is 12.5. The molecule has 1 N–H and O–H groups in total. The van der Waals surface area contributed by atoms with E-state index in [1.807, 2.05) is 30.3 Å². The standard InChI is InChI=1S/C24H23N3O2S2.ClH/c1-29-18-7-9-19(10-8-18)30-16-23(28)26-24-21(13-25)20-11-12-27(15-22(20)31-24)14-17-5-3-2-4-6-17;/h2-10H,11-12,14-16H2,1H3,(H,26,28);1H. The first kappa shape index (κ1) is 24.1. The van der Waals surface area contributed by atoms with E-state index < -0.39 is 0 Å². The number of benzene rings is 2. The molecule has 3 aromatic rings. The Morgan fingerprint density at radius 3 is 2.66 bits per heavy atom. The average molecular weight is 486 g/mol. The van der Waals surface area contributed by atoms with Crippen LogP contribution >= 0.6 is 35.5 Å². The topological polar surface area (TPSA) is 65.4 Å². The Balaban J connectivity index is 0.00000289. The van der Waals surface area contributed by atoms with Gasteiger partial charge in [0.2, 0.25) is 5.91 Å². The molecule has 0 aliphatic carbocycles. The maximum Gasteiger partial charge on any atom is 0.235 e. The summed E-state index contributed by atoms with van der Waals surface area (Å²) in [6, 6.07) is 20.3. The molecule has 0 fully saturated rings. The summed E-state index contributed by atoms with van der Waals surface area (Å²) in [5.41, 5.74) is 3.00. The fraction of sp³-hybridized carbons (Fsp3) is 0.250. The minimum Gasteiger partial charge on any atom is -0.497 e. The van der Waals surface area contributed by atoms with Crippen molar-refractivity contribution >= 4 is 46.4 Å². The molecule has 166 valence electrons. The Labute approximate surface area is 202 Å². The molecule has 0 bridgehead atoms. The lowest BCUT2D eigenvalue weighted by Crippen LogP contribution is -2.29. The minimum absolute atomic E-state index is 0. The minimum atomic E-state index is -0.0999. The molecule has 0 spiro atoms. The Morgan fingerprint density at radius 1 is 1.22 bits per heavy atom. The summed E-state index contributed by atoms with van der Waals surface area (Å²) in [6.07, 6.45) is 0.831. The summed E-state index contributed by atoms with van der Waals surface area (Å²) < 4.78 is 5.16. The van der Waals surface area contributed by atoms with Gasteiger partial charge in [-0.15, -0.1) is 35.5 Å². The summed E-state index contributed by atoms with van der Waals surface area (Å²) in [6.45, 7) is 2.61. The van der Waals surface area contributed by atoms with E-state index >= 15 is 0 Å². The summed E-state index contributed by atoms with van der Waals surface area (Å²) in [5, 5.41) is 13.4. The Bertz CT molecular complexity index is 1090. The van der Waals surface area contributed by atoms with Crippen molar-refractivity contribution < 1.29 is 9.53 Å². The molecule has 2 heterocycles. The highest BCUT2D eigenvalue weighted by atomic mass is 35.5. The molecular weight excluding hydrogens is 462 g/mol. The van der Waals surface area contributed by atoms with Gasteiger partial charge >= 0.3 is 0 Å². The van der Waals surface area contributed by atoms with E-state index in [0.717, 1.165) is 42.3 Å². The molecule has 0 unspecified atom stereocenters. The fourth-order valence-electron chi connectivity index (χ4n) is 3.62. The number of carbonyl (C=O) groups is 1. The fourth-order valence-corrected chi connectivity index (χ4v) is 5.58. The molecule has 4 rings (SSSR count). The highest BCUT2D eigenvalue weighted by Gasteiger charge is 2.25. The van der Waals surface area contributed by atoms with Crippen LogP contribution in [0, 0.1) is 11.3 Å². The first-order valence-corrected chi connectivity index (χ1v) is 11.8. The van der Waals surface area contributed by atoms with Gasteiger partial charge in [0.05, 0.1) is 18.4 Å². The molecule has 0 saturated heterocycles. The molecule has 1 aliphatic rings. The third kappa shape index (κ3) is 5.84. The number of hydrogen-bond acceptors (Lipinski definition) is 6. The van der Waals surface area contributed by atoms with Crippen LogP contribution in [0.1, 0.15) is 21.6 Å². The number of nitriles is 1. The summed E-state index contributed by atoms with van der Waals surface area (Å²) >= 11 is 3.00. The van der Waals surface area contributed by atoms with E-state index in [0.29, 0.717) is 16.3 Å². The van der Waals surface area contributed by atoms with Gasteiger partial charge in [-0.2, -0.15) is 5.26 Å². The second-order valence-corrected chi connectivity index (χ2v) is 9.43. The van der Waals surface area contributed by atoms with Crippen molar-refractivity contribution in [3.63, 3.8) is 0 Å². The molecule has 1 amide bonds.